The van der Waals surface area contributed by atoms with E-state index in [-0.39, 0.29) is 30.8 Å². The van der Waals surface area contributed by atoms with Crippen LogP contribution in [0, 0.1) is 5.92 Å². The second-order valence-corrected chi connectivity index (χ2v) is 9.61. The molecule has 2 atom stereocenters. The van der Waals surface area contributed by atoms with Gasteiger partial charge in [0, 0.05) is 22.1 Å². The normalized spacial score (nSPS) is 18.6. The van der Waals surface area contributed by atoms with E-state index in [9.17, 15) is 18.0 Å². The lowest BCUT2D eigenvalue weighted by molar-refractivity contribution is -0.274. The molecule has 0 N–H and O–H groups in total. The third-order valence-electron chi connectivity index (χ3n) is 6.14. The van der Waals surface area contributed by atoms with Crippen LogP contribution in [0.1, 0.15) is 22.7 Å². The average Bonchev–Trinajstić information content (AvgIpc) is 3.29. The van der Waals surface area contributed by atoms with E-state index in [2.05, 4.69) is 4.74 Å². The number of thioether (sulfide) groups is 1. The maximum Gasteiger partial charge on any atom is 0.573 e. The highest BCUT2D eigenvalue weighted by Gasteiger charge is 2.44. The predicted octanol–water partition coefficient (Wildman–Crippen LogP) is 5.82. The SMILES string of the molecule is COc1ccc2c(c1)C1=NN(C(=O)COCc3ccccc3)[C@@H](c3ccc(OC(F)(F)F)cc3)[C@H]1CS2. The van der Waals surface area contributed by atoms with Crippen molar-refractivity contribution in [3.05, 3.63) is 89.5 Å². The molecule has 2 aliphatic rings. The molecule has 3 aromatic rings. The molecule has 0 fully saturated rings. The monoisotopic (exact) mass is 528 g/mol. The summed E-state index contributed by atoms with van der Waals surface area (Å²) in [6.45, 7) is 0.0761. The summed E-state index contributed by atoms with van der Waals surface area (Å²) in [5.74, 6) is 0.486. The molecule has 37 heavy (non-hydrogen) atoms. The van der Waals surface area contributed by atoms with Crippen LogP contribution in [0.3, 0.4) is 0 Å². The minimum absolute atomic E-state index is 0.169. The van der Waals surface area contributed by atoms with E-state index >= 15 is 0 Å². The van der Waals surface area contributed by atoms with E-state index in [4.69, 9.17) is 14.6 Å². The third kappa shape index (κ3) is 5.60. The lowest BCUT2D eigenvalue weighted by Crippen LogP contribution is -2.34. The Morgan fingerprint density at radius 3 is 2.49 bits per heavy atom. The minimum Gasteiger partial charge on any atom is -0.497 e. The molecule has 0 radical (unpaired) electrons. The number of rotatable bonds is 7. The van der Waals surface area contributed by atoms with E-state index in [1.807, 2.05) is 48.5 Å². The van der Waals surface area contributed by atoms with Crippen LogP contribution in [0.5, 0.6) is 11.5 Å². The molecule has 0 saturated heterocycles. The van der Waals surface area contributed by atoms with Gasteiger partial charge < -0.3 is 14.2 Å². The fourth-order valence-corrected chi connectivity index (χ4v) is 5.67. The number of methoxy groups -OCH3 is 1. The first-order valence-electron chi connectivity index (χ1n) is 11.5. The number of ether oxygens (including phenoxy) is 3. The van der Waals surface area contributed by atoms with Crippen LogP contribution < -0.4 is 9.47 Å². The number of halogens is 3. The zero-order valence-electron chi connectivity index (χ0n) is 19.8. The molecule has 2 heterocycles. The number of hydrogen-bond acceptors (Lipinski definition) is 6. The van der Waals surface area contributed by atoms with Crippen LogP contribution in [-0.2, 0) is 16.1 Å². The number of carbonyl (C=O) groups excluding carboxylic acids is 1. The molecular weight excluding hydrogens is 505 g/mol. The number of hydrogen-bond donors (Lipinski definition) is 0. The molecule has 0 aliphatic carbocycles. The quantitative estimate of drug-likeness (QED) is 0.387. The number of benzene rings is 3. The van der Waals surface area contributed by atoms with Gasteiger partial charge in [-0.15, -0.1) is 24.9 Å². The topological polar surface area (TPSA) is 60.4 Å². The molecule has 3 aromatic carbocycles. The number of fused-ring (bicyclic) bond motifs is 3. The molecule has 192 valence electrons. The van der Waals surface area contributed by atoms with E-state index in [0.717, 1.165) is 21.7 Å². The summed E-state index contributed by atoms with van der Waals surface area (Å²) in [5, 5.41) is 6.13. The predicted molar refractivity (Wildman–Crippen MR) is 133 cm³/mol. The van der Waals surface area contributed by atoms with Crippen LogP contribution in [0.25, 0.3) is 0 Å². The van der Waals surface area contributed by atoms with Crippen LogP contribution >= 0.6 is 11.8 Å². The van der Waals surface area contributed by atoms with Crippen LogP contribution in [0.4, 0.5) is 13.2 Å². The Balaban J connectivity index is 1.43. The van der Waals surface area contributed by atoms with Crippen LogP contribution in [0.2, 0.25) is 0 Å². The van der Waals surface area contributed by atoms with Gasteiger partial charge in [-0.2, -0.15) is 5.10 Å². The standard InChI is InChI=1S/C27H23F3N2O4S/c1-34-20-11-12-23-21(13-20)25-22(16-37-23)26(18-7-9-19(10-8-18)36-27(28,29)30)32(31-25)24(33)15-35-14-17-5-3-2-4-6-17/h2-13,22,26H,14-16H2,1H3/t22-,26-/m0/s1. The molecule has 6 nitrogen and oxygen atoms in total. The molecule has 5 rings (SSSR count). The Labute approximate surface area is 216 Å². The molecule has 10 heteroatoms. The molecule has 0 unspecified atom stereocenters. The average molecular weight is 529 g/mol. The van der Waals surface area contributed by atoms with Gasteiger partial charge in [0.05, 0.1) is 25.5 Å². The van der Waals surface area contributed by atoms with Gasteiger partial charge in [-0.25, -0.2) is 5.01 Å². The van der Waals surface area contributed by atoms with Crippen LogP contribution in [-0.4, -0.2) is 42.5 Å². The summed E-state index contributed by atoms with van der Waals surface area (Å²) in [7, 11) is 1.58. The molecule has 0 bridgehead atoms. The Morgan fingerprint density at radius 2 is 1.78 bits per heavy atom. The highest BCUT2D eigenvalue weighted by Crippen LogP contribution is 2.46. The molecule has 0 aromatic heterocycles. The van der Waals surface area contributed by atoms with Crippen LogP contribution in [0.15, 0.2) is 82.8 Å². The van der Waals surface area contributed by atoms with E-state index in [0.29, 0.717) is 17.1 Å². The first kappa shape index (κ1) is 25.2. The molecule has 0 saturated carbocycles. The maximum absolute atomic E-state index is 13.3. The van der Waals surface area contributed by atoms with E-state index in [1.54, 1.807) is 31.0 Å². The van der Waals surface area contributed by atoms with Crippen molar-refractivity contribution in [2.45, 2.75) is 23.9 Å². The number of carbonyl (C=O) groups is 1. The fraction of sp³-hybridized carbons (Fsp3) is 0.259. The lowest BCUT2D eigenvalue weighted by Gasteiger charge is -2.29. The number of nitrogens with zero attached hydrogens (tertiary/aromatic N) is 2. The van der Waals surface area contributed by atoms with Crippen molar-refractivity contribution in [3.8, 4) is 11.5 Å². The van der Waals surface area contributed by atoms with Crippen molar-refractivity contribution < 1.29 is 32.2 Å². The van der Waals surface area contributed by atoms with Gasteiger partial charge in [-0.05, 0) is 41.5 Å². The smallest absolute Gasteiger partial charge is 0.497 e. The second kappa shape index (κ2) is 10.5. The van der Waals surface area contributed by atoms with Crippen molar-refractivity contribution in [2.75, 3.05) is 19.5 Å². The van der Waals surface area contributed by atoms with Gasteiger partial charge in [0.25, 0.3) is 5.91 Å². The number of hydrazone groups is 1. The zero-order chi connectivity index (χ0) is 26.0. The highest BCUT2D eigenvalue weighted by atomic mass is 32.2. The Kier molecular flexibility index (Phi) is 7.12. The summed E-state index contributed by atoms with van der Waals surface area (Å²) in [6.07, 6.45) is -4.79. The van der Waals surface area contributed by atoms with Gasteiger partial charge in [0.15, 0.2) is 0 Å². The van der Waals surface area contributed by atoms with Gasteiger partial charge in [-0.1, -0.05) is 42.5 Å². The largest absolute Gasteiger partial charge is 0.573 e. The van der Waals surface area contributed by atoms with Crippen molar-refractivity contribution in [1.29, 1.82) is 0 Å². The van der Waals surface area contributed by atoms with E-state index < -0.39 is 12.4 Å². The molecule has 1 amide bonds. The maximum atomic E-state index is 13.3. The summed E-state index contributed by atoms with van der Waals surface area (Å²) in [4.78, 5) is 14.4. The Hall–Kier alpha value is -3.50. The summed E-state index contributed by atoms with van der Waals surface area (Å²) in [6, 6.07) is 20.3. The summed E-state index contributed by atoms with van der Waals surface area (Å²) in [5.41, 5.74) is 3.21. The van der Waals surface area contributed by atoms with Crippen molar-refractivity contribution in [3.63, 3.8) is 0 Å². The molecular formula is C27H23F3N2O4S. The highest BCUT2D eigenvalue weighted by molar-refractivity contribution is 7.99. The third-order valence-corrected chi connectivity index (χ3v) is 7.33. The summed E-state index contributed by atoms with van der Waals surface area (Å²) >= 11 is 1.64. The fourth-order valence-electron chi connectivity index (χ4n) is 4.49. The van der Waals surface area contributed by atoms with Crippen molar-refractivity contribution in [1.82, 2.24) is 5.01 Å². The zero-order valence-corrected chi connectivity index (χ0v) is 20.6. The Bertz CT molecular complexity index is 1300. The van der Waals surface area contributed by atoms with Gasteiger partial charge in [-0.3, -0.25) is 4.79 Å². The Morgan fingerprint density at radius 1 is 1.05 bits per heavy atom. The van der Waals surface area contributed by atoms with E-state index in [1.165, 1.54) is 17.1 Å². The van der Waals surface area contributed by atoms with Crippen molar-refractivity contribution >= 4 is 23.4 Å². The molecule has 2 aliphatic heterocycles. The second-order valence-electron chi connectivity index (χ2n) is 8.54. The first-order valence-corrected chi connectivity index (χ1v) is 12.5. The minimum atomic E-state index is -4.79. The lowest BCUT2D eigenvalue weighted by atomic mass is 9.88. The molecule has 0 spiro atoms. The first-order chi connectivity index (χ1) is 17.8. The van der Waals surface area contributed by atoms with Crippen molar-refractivity contribution in [2.24, 2.45) is 11.0 Å². The van der Waals surface area contributed by atoms with Gasteiger partial charge in [0.1, 0.15) is 18.1 Å². The number of amides is 1. The number of alkyl halides is 3. The van der Waals surface area contributed by atoms with Gasteiger partial charge >= 0.3 is 6.36 Å². The van der Waals surface area contributed by atoms with Gasteiger partial charge in [0.2, 0.25) is 0 Å². The summed E-state index contributed by atoms with van der Waals surface area (Å²) < 4.78 is 53.1.